The zero-order valence-corrected chi connectivity index (χ0v) is 14.5. The molecular weight excluding hydrogens is 336 g/mol. The Morgan fingerprint density at radius 2 is 2.24 bits per heavy atom. The average Bonchev–Trinajstić information content (AvgIpc) is 2.50. The molecule has 1 aromatic heterocycles. The molecule has 1 atom stereocenters. The molecular formula is C14H23BrN4O2. The molecule has 21 heavy (non-hydrogen) atoms. The number of rotatable bonds is 5. The average molecular weight is 359 g/mol. The smallest absolute Gasteiger partial charge is 0.282 e. The largest absolute Gasteiger partial charge is 0.383 e. The van der Waals surface area contributed by atoms with Crippen molar-refractivity contribution in [2.24, 2.45) is 7.05 Å². The maximum atomic E-state index is 12.0. The number of piperazine rings is 1. The van der Waals surface area contributed by atoms with Gasteiger partial charge in [0.2, 0.25) is 0 Å². The minimum absolute atomic E-state index is 0.0950. The molecule has 1 saturated heterocycles. The van der Waals surface area contributed by atoms with Crippen LogP contribution >= 0.6 is 15.9 Å². The zero-order valence-electron chi connectivity index (χ0n) is 12.9. The Balaban J connectivity index is 2.13. The third-order valence-electron chi connectivity index (χ3n) is 4.06. The summed E-state index contributed by atoms with van der Waals surface area (Å²) in [6.45, 7) is 6.70. The Labute approximate surface area is 133 Å². The second-order valence-corrected chi connectivity index (χ2v) is 6.10. The minimum atomic E-state index is -0.0950. The van der Waals surface area contributed by atoms with Gasteiger partial charge in [-0.2, -0.15) is 5.10 Å². The Morgan fingerprint density at radius 3 is 2.90 bits per heavy atom. The SMILES string of the molecule is CCC1CN(c2cnn(C)c(=O)c2Br)CCN1CCOC. The molecule has 6 nitrogen and oxygen atoms in total. The molecule has 2 heterocycles. The standard InChI is InChI=1S/C14H23BrN4O2/c1-4-11-10-19(6-5-18(11)7-8-21-3)12-9-16-17(2)14(20)13(12)15/h9,11H,4-8,10H2,1-3H3. The highest BCUT2D eigenvalue weighted by molar-refractivity contribution is 9.10. The summed E-state index contributed by atoms with van der Waals surface area (Å²) >= 11 is 3.42. The summed E-state index contributed by atoms with van der Waals surface area (Å²) in [7, 11) is 3.40. The summed E-state index contributed by atoms with van der Waals surface area (Å²) in [6.07, 6.45) is 2.85. The van der Waals surface area contributed by atoms with Gasteiger partial charge in [-0.05, 0) is 22.4 Å². The van der Waals surface area contributed by atoms with Crippen LogP contribution in [0.3, 0.4) is 0 Å². The van der Waals surface area contributed by atoms with Gasteiger partial charge in [0.25, 0.3) is 5.56 Å². The Hall–Kier alpha value is -0.920. The fourth-order valence-electron chi connectivity index (χ4n) is 2.72. The van der Waals surface area contributed by atoms with Gasteiger partial charge in [-0.1, -0.05) is 6.92 Å². The summed E-state index contributed by atoms with van der Waals surface area (Å²) in [5.41, 5.74) is 0.797. The van der Waals surface area contributed by atoms with Crippen LogP contribution in [0.4, 0.5) is 5.69 Å². The maximum Gasteiger partial charge on any atom is 0.282 e. The third-order valence-corrected chi connectivity index (χ3v) is 4.80. The van der Waals surface area contributed by atoms with E-state index in [4.69, 9.17) is 4.74 Å². The van der Waals surface area contributed by atoms with Crippen LogP contribution in [0.2, 0.25) is 0 Å². The lowest BCUT2D eigenvalue weighted by atomic mass is 10.1. The van der Waals surface area contributed by atoms with Gasteiger partial charge >= 0.3 is 0 Å². The Bertz CT molecular complexity index is 534. The van der Waals surface area contributed by atoms with Gasteiger partial charge in [-0.3, -0.25) is 9.69 Å². The fourth-order valence-corrected chi connectivity index (χ4v) is 3.33. The summed E-state index contributed by atoms with van der Waals surface area (Å²) in [5, 5.41) is 4.13. The highest BCUT2D eigenvalue weighted by atomic mass is 79.9. The van der Waals surface area contributed by atoms with Crippen molar-refractivity contribution >= 4 is 21.6 Å². The first-order valence-electron chi connectivity index (χ1n) is 7.28. The monoisotopic (exact) mass is 358 g/mol. The lowest BCUT2D eigenvalue weighted by Gasteiger charge is -2.42. The van der Waals surface area contributed by atoms with Gasteiger partial charge in [0, 0.05) is 46.4 Å². The van der Waals surface area contributed by atoms with E-state index in [0.29, 0.717) is 10.5 Å². The topological polar surface area (TPSA) is 50.6 Å². The summed E-state index contributed by atoms with van der Waals surface area (Å²) < 4.78 is 7.12. The number of anilines is 1. The number of aromatic nitrogens is 2. The van der Waals surface area contributed by atoms with Crippen LogP contribution in [-0.2, 0) is 11.8 Å². The molecule has 0 N–H and O–H groups in total. The molecule has 7 heteroatoms. The van der Waals surface area contributed by atoms with Crippen LogP contribution in [0.15, 0.2) is 15.5 Å². The van der Waals surface area contributed by atoms with E-state index >= 15 is 0 Å². The number of aryl methyl sites for hydroxylation is 1. The molecule has 0 aromatic carbocycles. The first kappa shape index (κ1) is 16.5. The van der Waals surface area contributed by atoms with Gasteiger partial charge < -0.3 is 9.64 Å². The van der Waals surface area contributed by atoms with Crippen LogP contribution in [0.5, 0.6) is 0 Å². The molecule has 0 bridgehead atoms. The molecule has 0 saturated carbocycles. The van der Waals surface area contributed by atoms with E-state index in [9.17, 15) is 4.79 Å². The highest BCUT2D eigenvalue weighted by Gasteiger charge is 2.27. The second kappa shape index (κ2) is 7.38. The lowest BCUT2D eigenvalue weighted by molar-refractivity contribution is 0.109. The van der Waals surface area contributed by atoms with Gasteiger partial charge in [0.1, 0.15) is 4.47 Å². The van der Waals surface area contributed by atoms with Crippen molar-refractivity contribution in [3.05, 3.63) is 21.0 Å². The lowest BCUT2D eigenvalue weighted by Crippen LogP contribution is -2.54. The molecule has 1 aliphatic rings. The van der Waals surface area contributed by atoms with E-state index in [-0.39, 0.29) is 5.56 Å². The number of nitrogens with zero attached hydrogens (tertiary/aromatic N) is 4. The first-order chi connectivity index (χ1) is 10.1. The fraction of sp³-hybridized carbons (Fsp3) is 0.714. The predicted octanol–water partition coefficient (Wildman–Crippen LogP) is 1.09. The van der Waals surface area contributed by atoms with Crippen molar-refractivity contribution in [2.45, 2.75) is 19.4 Å². The summed E-state index contributed by atoms with van der Waals surface area (Å²) in [4.78, 5) is 16.7. The summed E-state index contributed by atoms with van der Waals surface area (Å²) in [6, 6.07) is 0.477. The third kappa shape index (κ3) is 3.64. The van der Waals surface area contributed by atoms with Crippen molar-refractivity contribution in [3.8, 4) is 0 Å². The number of methoxy groups -OCH3 is 1. The quantitative estimate of drug-likeness (QED) is 0.788. The van der Waals surface area contributed by atoms with Crippen LogP contribution < -0.4 is 10.5 Å². The van der Waals surface area contributed by atoms with Crippen molar-refractivity contribution in [1.82, 2.24) is 14.7 Å². The van der Waals surface area contributed by atoms with Gasteiger partial charge in [0.15, 0.2) is 0 Å². The van der Waals surface area contributed by atoms with E-state index < -0.39 is 0 Å². The minimum Gasteiger partial charge on any atom is -0.383 e. The molecule has 0 aliphatic carbocycles. The molecule has 0 spiro atoms. The van der Waals surface area contributed by atoms with Crippen LogP contribution in [0.25, 0.3) is 0 Å². The van der Waals surface area contributed by atoms with Crippen molar-refractivity contribution in [1.29, 1.82) is 0 Å². The molecule has 1 fully saturated rings. The number of hydrogen-bond donors (Lipinski definition) is 0. The van der Waals surface area contributed by atoms with Gasteiger partial charge in [-0.25, -0.2) is 4.68 Å². The normalized spacial score (nSPS) is 20.0. The van der Waals surface area contributed by atoms with E-state index in [1.807, 2.05) is 0 Å². The van der Waals surface area contributed by atoms with E-state index in [2.05, 4.69) is 37.8 Å². The summed E-state index contributed by atoms with van der Waals surface area (Å²) in [5.74, 6) is 0. The Kier molecular flexibility index (Phi) is 5.78. The van der Waals surface area contributed by atoms with Gasteiger partial charge in [-0.15, -0.1) is 0 Å². The number of ether oxygens (including phenoxy) is 1. The highest BCUT2D eigenvalue weighted by Crippen LogP contribution is 2.25. The Morgan fingerprint density at radius 1 is 1.48 bits per heavy atom. The van der Waals surface area contributed by atoms with Crippen LogP contribution in [-0.4, -0.2) is 60.6 Å². The van der Waals surface area contributed by atoms with Crippen LogP contribution in [0.1, 0.15) is 13.3 Å². The number of halogens is 1. The molecule has 0 amide bonds. The molecule has 1 unspecified atom stereocenters. The van der Waals surface area contributed by atoms with Crippen LogP contribution in [0, 0.1) is 0 Å². The van der Waals surface area contributed by atoms with Crippen molar-refractivity contribution in [2.75, 3.05) is 44.8 Å². The van der Waals surface area contributed by atoms with E-state index in [0.717, 1.165) is 44.9 Å². The van der Waals surface area contributed by atoms with Gasteiger partial charge in [0.05, 0.1) is 18.5 Å². The molecule has 1 aliphatic heterocycles. The first-order valence-corrected chi connectivity index (χ1v) is 8.07. The van der Waals surface area contributed by atoms with E-state index in [1.165, 1.54) is 4.68 Å². The molecule has 2 rings (SSSR count). The number of hydrogen-bond acceptors (Lipinski definition) is 5. The van der Waals surface area contributed by atoms with Crippen molar-refractivity contribution < 1.29 is 4.74 Å². The second-order valence-electron chi connectivity index (χ2n) is 5.31. The molecule has 1 aromatic rings. The van der Waals surface area contributed by atoms with E-state index in [1.54, 1.807) is 20.4 Å². The zero-order chi connectivity index (χ0) is 15.4. The molecule has 0 radical (unpaired) electrons. The predicted molar refractivity (Wildman–Crippen MR) is 86.9 cm³/mol. The molecule has 118 valence electrons. The van der Waals surface area contributed by atoms with Crippen molar-refractivity contribution in [3.63, 3.8) is 0 Å². The maximum absolute atomic E-state index is 12.0.